The van der Waals surface area contributed by atoms with E-state index in [0.29, 0.717) is 0 Å². The Morgan fingerprint density at radius 3 is 2.67 bits per heavy atom. The van der Waals surface area contributed by atoms with E-state index in [2.05, 4.69) is 9.47 Å². The van der Waals surface area contributed by atoms with Crippen molar-refractivity contribution in [2.24, 2.45) is 5.14 Å². The summed E-state index contributed by atoms with van der Waals surface area (Å²) < 4.78 is 57.5. The van der Waals surface area contributed by atoms with Gasteiger partial charge >= 0.3 is 6.29 Å². The van der Waals surface area contributed by atoms with E-state index in [-0.39, 0.29) is 30.2 Å². The molecule has 3 rings (SSSR count). The number of nitrogens with two attached hydrogens (primary N) is 1. The number of para-hydroxylation sites is 1. The standard InChI is InChI=1S/C11H10F2N2O5S/c12-11(13)19-8-3-1-2-7(10(8)20-11)15-5-6(4-9(15)16)21(14,17)18/h1-3,6H,4-5H2,(H2,14,17,18). The fourth-order valence-corrected chi connectivity index (χ4v) is 3.03. The fourth-order valence-electron chi connectivity index (χ4n) is 2.30. The summed E-state index contributed by atoms with van der Waals surface area (Å²) >= 11 is 0. The predicted molar refractivity (Wildman–Crippen MR) is 66.5 cm³/mol. The molecular formula is C11H10F2N2O5S. The monoisotopic (exact) mass is 320 g/mol. The van der Waals surface area contributed by atoms with Gasteiger partial charge in [0.2, 0.25) is 15.9 Å². The van der Waals surface area contributed by atoms with Crippen LogP contribution in [-0.2, 0) is 14.8 Å². The van der Waals surface area contributed by atoms with E-state index < -0.39 is 27.5 Å². The minimum absolute atomic E-state index is 0.0285. The normalized spacial score (nSPS) is 23.7. The molecule has 1 amide bonds. The highest BCUT2D eigenvalue weighted by Gasteiger charge is 2.47. The van der Waals surface area contributed by atoms with E-state index in [9.17, 15) is 22.0 Å². The maximum atomic E-state index is 13.1. The van der Waals surface area contributed by atoms with Gasteiger partial charge in [-0.15, -0.1) is 8.78 Å². The summed E-state index contributed by atoms with van der Waals surface area (Å²) in [4.78, 5) is 13.0. The maximum absolute atomic E-state index is 13.1. The van der Waals surface area contributed by atoms with Crippen molar-refractivity contribution < 1.29 is 31.5 Å². The van der Waals surface area contributed by atoms with Crippen molar-refractivity contribution >= 4 is 21.6 Å². The summed E-state index contributed by atoms with van der Waals surface area (Å²) in [5, 5.41) is 3.94. The lowest BCUT2D eigenvalue weighted by molar-refractivity contribution is -0.286. The third kappa shape index (κ3) is 2.40. The van der Waals surface area contributed by atoms with Gasteiger partial charge in [0.1, 0.15) is 5.25 Å². The fraction of sp³-hybridized carbons (Fsp3) is 0.364. The van der Waals surface area contributed by atoms with Gasteiger partial charge < -0.3 is 14.4 Å². The summed E-state index contributed by atoms with van der Waals surface area (Å²) in [5.41, 5.74) is 0.0285. The number of fused-ring (bicyclic) bond motifs is 1. The number of carbonyl (C=O) groups excluding carboxylic acids is 1. The number of anilines is 1. The maximum Gasteiger partial charge on any atom is 0.586 e. The van der Waals surface area contributed by atoms with E-state index in [0.717, 1.165) is 4.90 Å². The Hall–Kier alpha value is -1.94. The van der Waals surface area contributed by atoms with Gasteiger partial charge in [0, 0.05) is 13.0 Å². The molecule has 0 aliphatic carbocycles. The summed E-state index contributed by atoms with van der Waals surface area (Å²) in [6, 6.07) is 4.03. The Morgan fingerprint density at radius 2 is 2.05 bits per heavy atom. The number of carbonyl (C=O) groups is 1. The van der Waals surface area contributed by atoms with Crippen LogP contribution < -0.4 is 19.5 Å². The van der Waals surface area contributed by atoms with Crippen molar-refractivity contribution in [2.45, 2.75) is 18.0 Å². The number of ether oxygens (including phenoxy) is 2. The van der Waals surface area contributed by atoms with E-state index in [1.165, 1.54) is 18.2 Å². The summed E-state index contributed by atoms with van der Waals surface area (Å²) in [7, 11) is -3.90. The highest BCUT2D eigenvalue weighted by molar-refractivity contribution is 7.89. The molecule has 21 heavy (non-hydrogen) atoms. The second kappa shape index (κ2) is 4.28. The van der Waals surface area contributed by atoms with Crippen molar-refractivity contribution in [2.75, 3.05) is 11.4 Å². The number of amides is 1. The van der Waals surface area contributed by atoms with Gasteiger partial charge in [0.15, 0.2) is 11.5 Å². The minimum Gasteiger partial charge on any atom is -0.395 e. The molecule has 2 aliphatic heterocycles. The second-order valence-electron chi connectivity index (χ2n) is 4.69. The van der Waals surface area contributed by atoms with Crippen LogP contribution in [0.5, 0.6) is 11.5 Å². The molecule has 0 spiro atoms. The van der Waals surface area contributed by atoms with Crippen molar-refractivity contribution in [1.82, 2.24) is 0 Å². The number of alkyl halides is 2. The van der Waals surface area contributed by atoms with Gasteiger partial charge in [-0.1, -0.05) is 6.07 Å². The molecule has 0 bridgehead atoms. The van der Waals surface area contributed by atoms with Crippen molar-refractivity contribution in [3.63, 3.8) is 0 Å². The molecule has 0 radical (unpaired) electrons. The molecule has 1 atom stereocenters. The quantitative estimate of drug-likeness (QED) is 0.850. The topological polar surface area (TPSA) is 98.9 Å². The van der Waals surface area contributed by atoms with E-state index in [4.69, 9.17) is 5.14 Å². The molecule has 10 heteroatoms. The lowest BCUT2D eigenvalue weighted by atomic mass is 10.2. The van der Waals surface area contributed by atoms with Crippen molar-refractivity contribution in [3.05, 3.63) is 18.2 Å². The number of hydrogen-bond donors (Lipinski definition) is 1. The number of rotatable bonds is 2. The number of benzene rings is 1. The van der Waals surface area contributed by atoms with Crippen molar-refractivity contribution in [1.29, 1.82) is 0 Å². The Balaban J connectivity index is 1.97. The average molecular weight is 320 g/mol. The SMILES string of the molecule is NS(=O)(=O)C1CC(=O)N(c2cccc3c2OC(F)(F)O3)C1. The Labute approximate surface area is 118 Å². The summed E-state index contributed by atoms with van der Waals surface area (Å²) in [6.07, 6.45) is -4.12. The van der Waals surface area contributed by atoms with E-state index in [1.807, 2.05) is 0 Å². The Morgan fingerprint density at radius 1 is 1.33 bits per heavy atom. The number of primary sulfonamides is 1. The molecule has 2 aliphatic rings. The molecule has 114 valence electrons. The third-order valence-corrected chi connectivity index (χ3v) is 4.50. The van der Waals surface area contributed by atoms with Crippen LogP contribution in [0.1, 0.15) is 6.42 Å². The van der Waals surface area contributed by atoms with Gasteiger partial charge in [-0.25, -0.2) is 13.6 Å². The molecule has 0 saturated carbocycles. The van der Waals surface area contributed by atoms with Crippen LogP contribution in [0, 0.1) is 0 Å². The van der Waals surface area contributed by atoms with Crippen LogP contribution in [0.25, 0.3) is 0 Å². The van der Waals surface area contributed by atoms with Crippen LogP contribution in [0.3, 0.4) is 0 Å². The summed E-state index contributed by atoms with van der Waals surface area (Å²) in [6.45, 7) is -0.219. The molecule has 1 unspecified atom stereocenters. The van der Waals surface area contributed by atoms with Crippen LogP contribution in [-0.4, -0.2) is 32.4 Å². The molecule has 1 aromatic rings. The van der Waals surface area contributed by atoms with Gasteiger partial charge in [-0.3, -0.25) is 4.79 Å². The van der Waals surface area contributed by atoms with Gasteiger partial charge in [0.05, 0.1) is 5.69 Å². The number of halogens is 2. The average Bonchev–Trinajstić information content (AvgIpc) is 2.86. The first-order valence-corrected chi connectivity index (χ1v) is 7.49. The highest BCUT2D eigenvalue weighted by atomic mass is 32.2. The molecule has 1 fully saturated rings. The van der Waals surface area contributed by atoms with Crippen LogP contribution in [0.15, 0.2) is 18.2 Å². The largest absolute Gasteiger partial charge is 0.586 e. The van der Waals surface area contributed by atoms with Crippen molar-refractivity contribution in [3.8, 4) is 11.5 Å². The van der Waals surface area contributed by atoms with Gasteiger partial charge in [-0.2, -0.15) is 0 Å². The molecule has 0 aromatic heterocycles. The van der Waals surface area contributed by atoms with Crippen LogP contribution >= 0.6 is 0 Å². The second-order valence-corrected chi connectivity index (χ2v) is 6.54. The van der Waals surface area contributed by atoms with E-state index >= 15 is 0 Å². The number of hydrogen-bond acceptors (Lipinski definition) is 5. The zero-order valence-electron chi connectivity index (χ0n) is 10.5. The highest BCUT2D eigenvalue weighted by Crippen LogP contribution is 2.47. The van der Waals surface area contributed by atoms with Gasteiger partial charge in [0.25, 0.3) is 0 Å². The zero-order chi connectivity index (χ0) is 15.4. The molecular weight excluding hydrogens is 310 g/mol. The number of sulfonamides is 1. The Kier molecular flexibility index (Phi) is 2.85. The molecule has 2 heterocycles. The molecule has 2 N–H and O–H groups in total. The Bertz CT molecular complexity index is 721. The zero-order valence-corrected chi connectivity index (χ0v) is 11.3. The molecule has 1 aromatic carbocycles. The van der Waals surface area contributed by atoms with Gasteiger partial charge in [-0.05, 0) is 12.1 Å². The first-order chi connectivity index (χ1) is 9.67. The smallest absolute Gasteiger partial charge is 0.395 e. The minimum atomic E-state index is -3.90. The van der Waals surface area contributed by atoms with Crippen LogP contribution in [0.2, 0.25) is 0 Å². The lowest BCUT2D eigenvalue weighted by Crippen LogP contribution is -2.32. The lowest BCUT2D eigenvalue weighted by Gasteiger charge is -2.18. The predicted octanol–water partition coefficient (Wildman–Crippen LogP) is 0.402. The molecule has 7 nitrogen and oxygen atoms in total. The van der Waals surface area contributed by atoms with Crippen LogP contribution in [0.4, 0.5) is 14.5 Å². The third-order valence-electron chi connectivity index (χ3n) is 3.25. The number of nitrogens with zero attached hydrogens (tertiary/aromatic N) is 1. The first kappa shape index (κ1) is 14.0. The van der Waals surface area contributed by atoms with E-state index in [1.54, 1.807) is 0 Å². The summed E-state index contributed by atoms with van der Waals surface area (Å²) in [5.74, 6) is -1.06. The first-order valence-electron chi connectivity index (χ1n) is 5.88. The molecule has 1 saturated heterocycles.